The van der Waals surface area contributed by atoms with Crippen LogP contribution in [0.5, 0.6) is 11.5 Å². The monoisotopic (exact) mass is 296 g/mol. The molecule has 4 heteroatoms. The molecule has 22 heavy (non-hydrogen) atoms. The van der Waals surface area contributed by atoms with Crippen LogP contribution in [0, 0.1) is 0 Å². The number of hydrogen-bond donors (Lipinski definition) is 2. The Balaban J connectivity index is 2.41. The number of benzene rings is 2. The molecule has 4 nitrogen and oxygen atoms in total. The zero-order valence-corrected chi connectivity index (χ0v) is 12.8. The minimum atomic E-state index is 0.193. The standard InChI is InChI=1S/C18H20N2O2/c1-3-15(13-9-5-7-11-17(13)21)19-20-16(4-2)14-10-6-8-12-18(14)22/h5-12,21-22H,3-4H2,1-2H3/b19-15+,20-16+. The summed E-state index contributed by atoms with van der Waals surface area (Å²) in [4.78, 5) is 0. The molecule has 2 aromatic carbocycles. The first-order chi connectivity index (χ1) is 10.7. The predicted octanol–water partition coefficient (Wildman–Crippen LogP) is 4.11. The number of nitrogens with zero attached hydrogens (tertiary/aromatic N) is 2. The fourth-order valence-electron chi connectivity index (χ4n) is 2.19. The Labute approximate surface area is 130 Å². The smallest absolute Gasteiger partial charge is 0.124 e. The highest BCUT2D eigenvalue weighted by molar-refractivity contribution is 6.05. The van der Waals surface area contributed by atoms with Gasteiger partial charge in [-0.2, -0.15) is 10.2 Å². The Morgan fingerprint density at radius 1 is 0.727 bits per heavy atom. The number of hydrogen-bond acceptors (Lipinski definition) is 4. The van der Waals surface area contributed by atoms with E-state index >= 15 is 0 Å². The SMILES string of the molecule is CC/C(=N\N=C(/CC)c1ccccc1O)c1ccccc1O. The number of phenols is 2. The van der Waals surface area contributed by atoms with E-state index in [1.807, 2.05) is 38.1 Å². The van der Waals surface area contributed by atoms with Gasteiger partial charge >= 0.3 is 0 Å². The van der Waals surface area contributed by atoms with Crippen LogP contribution in [0.25, 0.3) is 0 Å². The number of aromatic hydroxyl groups is 2. The van der Waals surface area contributed by atoms with Gasteiger partial charge in [-0.25, -0.2) is 0 Å². The maximum atomic E-state index is 9.93. The van der Waals surface area contributed by atoms with E-state index in [1.165, 1.54) is 0 Å². The molecule has 114 valence electrons. The highest BCUT2D eigenvalue weighted by Gasteiger charge is 2.08. The van der Waals surface area contributed by atoms with Crippen molar-refractivity contribution in [3.8, 4) is 11.5 Å². The average molecular weight is 296 g/mol. The lowest BCUT2D eigenvalue weighted by molar-refractivity contribution is 0.473. The van der Waals surface area contributed by atoms with Gasteiger partial charge in [0.1, 0.15) is 11.5 Å². The van der Waals surface area contributed by atoms with Gasteiger partial charge in [0.25, 0.3) is 0 Å². The third-order valence-electron chi connectivity index (χ3n) is 3.39. The molecule has 0 aliphatic heterocycles. The van der Waals surface area contributed by atoms with Crippen molar-refractivity contribution in [3.63, 3.8) is 0 Å². The molecule has 2 rings (SSSR count). The summed E-state index contributed by atoms with van der Waals surface area (Å²) in [5.74, 6) is 0.387. The quantitative estimate of drug-likeness (QED) is 0.644. The van der Waals surface area contributed by atoms with Crippen molar-refractivity contribution in [1.82, 2.24) is 0 Å². The minimum absolute atomic E-state index is 0.193. The van der Waals surface area contributed by atoms with Gasteiger partial charge in [0.15, 0.2) is 0 Å². The summed E-state index contributed by atoms with van der Waals surface area (Å²) in [6.07, 6.45) is 1.30. The zero-order valence-electron chi connectivity index (χ0n) is 12.8. The fourth-order valence-corrected chi connectivity index (χ4v) is 2.19. The summed E-state index contributed by atoms with van der Waals surface area (Å²) in [5, 5.41) is 28.4. The second-order valence-electron chi connectivity index (χ2n) is 4.83. The van der Waals surface area contributed by atoms with Crippen LogP contribution in [0.4, 0.5) is 0 Å². The van der Waals surface area contributed by atoms with Gasteiger partial charge in [0.2, 0.25) is 0 Å². The van der Waals surface area contributed by atoms with Crippen molar-refractivity contribution < 1.29 is 10.2 Å². The van der Waals surface area contributed by atoms with Crippen molar-refractivity contribution >= 4 is 11.4 Å². The molecule has 0 unspecified atom stereocenters. The first-order valence-corrected chi connectivity index (χ1v) is 7.37. The van der Waals surface area contributed by atoms with E-state index in [-0.39, 0.29) is 11.5 Å². The van der Waals surface area contributed by atoms with Crippen LogP contribution in [0.2, 0.25) is 0 Å². The average Bonchev–Trinajstić information content (AvgIpc) is 2.54. The molecule has 0 aliphatic rings. The fraction of sp³-hybridized carbons (Fsp3) is 0.222. The molecule has 0 aliphatic carbocycles. The molecular weight excluding hydrogens is 276 g/mol. The molecule has 2 N–H and O–H groups in total. The van der Waals surface area contributed by atoms with Crippen LogP contribution in [0.3, 0.4) is 0 Å². The first-order valence-electron chi connectivity index (χ1n) is 7.37. The minimum Gasteiger partial charge on any atom is -0.507 e. The summed E-state index contributed by atoms with van der Waals surface area (Å²) >= 11 is 0. The summed E-state index contributed by atoms with van der Waals surface area (Å²) < 4.78 is 0. The van der Waals surface area contributed by atoms with Gasteiger partial charge in [0, 0.05) is 11.1 Å². The summed E-state index contributed by atoms with van der Waals surface area (Å²) in [5.41, 5.74) is 2.78. The van der Waals surface area contributed by atoms with E-state index in [9.17, 15) is 10.2 Å². The van der Waals surface area contributed by atoms with Crippen LogP contribution in [0.15, 0.2) is 58.7 Å². The van der Waals surface area contributed by atoms with Crippen LogP contribution in [-0.2, 0) is 0 Å². The molecule has 0 saturated carbocycles. The van der Waals surface area contributed by atoms with Crippen molar-refractivity contribution in [2.45, 2.75) is 26.7 Å². The number of rotatable bonds is 5. The van der Waals surface area contributed by atoms with Crippen molar-refractivity contribution in [2.24, 2.45) is 10.2 Å². The second kappa shape index (κ2) is 7.41. The van der Waals surface area contributed by atoms with E-state index in [0.717, 1.165) is 0 Å². The van der Waals surface area contributed by atoms with E-state index in [2.05, 4.69) is 10.2 Å². The Morgan fingerprint density at radius 2 is 1.09 bits per heavy atom. The molecule has 0 spiro atoms. The van der Waals surface area contributed by atoms with Gasteiger partial charge in [-0.1, -0.05) is 38.1 Å². The van der Waals surface area contributed by atoms with E-state index in [4.69, 9.17) is 0 Å². The van der Waals surface area contributed by atoms with Crippen LogP contribution in [-0.4, -0.2) is 21.6 Å². The normalized spacial score (nSPS) is 12.5. The maximum absolute atomic E-state index is 9.93. The zero-order chi connectivity index (χ0) is 15.9. The van der Waals surface area contributed by atoms with E-state index in [0.29, 0.717) is 35.4 Å². The Kier molecular flexibility index (Phi) is 5.31. The van der Waals surface area contributed by atoms with Gasteiger partial charge in [0.05, 0.1) is 11.4 Å². The summed E-state index contributed by atoms with van der Waals surface area (Å²) in [6, 6.07) is 14.2. The molecule has 0 bridgehead atoms. The van der Waals surface area contributed by atoms with Gasteiger partial charge < -0.3 is 10.2 Å². The van der Waals surface area contributed by atoms with Crippen LogP contribution < -0.4 is 0 Å². The topological polar surface area (TPSA) is 65.2 Å². The van der Waals surface area contributed by atoms with Crippen LogP contribution >= 0.6 is 0 Å². The lowest BCUT2D eigenvalue weighted by Crippen LogP contribution is -2.02. The lowest BCUT2D eigenvalue weighted by atomic mass is 10.1. The highest BCUT2D eigenvalue weighted by atomic mass is 16.3. The summed E-state index contributed by atoms with van der Waals surface area (Å²) in [6.45, 7) is 3.93. The van der Waals surface area contributed by atoms with Crippen LogP contribution in [0.1, 0.15) is 37.8 Å². The van der Waals surface area contributed by atoms with Gasteiger partial charge in [-0.3, -0.25) is 0 Å². The largest absolute Gasteiger partial charge is 0.507 e. The van der Waals surface area contributed by atoms with Gasteiger partial charge in [-0.15, -0.1) is 0 Å². The Morgan fingerprint density at radius 3 is 1.41 bits per heavy atom. The molecule has 0 saturated heterocycles. The highest BCUT2D eigenvalue weighted by Crippen LogP contribution is 2.20. The molecule has 0 amide bonds. The van der Waals surface area contributed by atoms with E-state index in [1.54, 1.807) is 24.3 Å². The van der Waals surface area contributed by atoms with Gasteiger partial charge in [-0.05, 0) is 37.1 Å². The number of phenolic OH excluding ortho intramolecular Hbond substituents is 2. The van der Waals surface area contributed by atoms with Crippen molar-refractivity contribution in [3.05, 3.63) is 59.7 Å². The summed E-state index contributed by atoms with van der Waals surface area (Å²) in [7, 11) is 0. The molecule has 0 heterocycles. The molecule has 2 aromatic rings. The third kappa shape index (κ3) is 3.52. The molecule has 0 aromatic heterocycles. The van der Waals surface area contributed by atoms with Crippen molar-refractivity contribution in [2.75, 3.05) is 0 Å². The lowest BCUT2D eigenvalue weighted by Gasteiger charge is -2.07. The van der Waals surface area contributed by atoms with Crippen molar-refractivity contribution in [1.29, 1.82) is 0 Å². The molecule has 0 atom stereocenters. The molecular formula is C18H20N2O2. The number of para-hydroxylation sites is 2. The maximum Gasteiger partial charge on any atom is 0.124 e. The first kappa shape index (κ1) is 15.8. The Hall–Kier alpha value is -2.62. The Bertz CT molecular complexity index is 644. The third-order valence-corrected chi connectivity index (χ3v) is 3.39. The molecule has 0 radical (unpaired) electrons. The second-order valence-corrected chi connectivity index (χ2v) is 4.83. The predicted molar refractivity (Wildman–Crippen MR) is 89.9 cm³/mol. The van der Waals surface area contributed by atoms with E-state index < -0.39 is 0 Å². The molecule has 0 fully saturated rings.